The molecule has 0 bridgehead atoms. The number of amides is 1. The fourth-order valence-electron chi connectivity index (χ4n) is 2.79. The molecule has 0 aromatic heterocycles. The summed E-state index contributed by atoms with van der Waals surface area (Å²) >= 11 is 0. The van der Waals surface area contributed by atoms with Gasteiger partial charge in [0.05, 0.1) is 6.04 Å². The van der Waals surface area contributed by atoms with Crippen LogP contribution >= 0.6 is 0 Å². The summed E-state index contributed by atoms with van der Waals surface area (Å²) in [5, 5.41) is 4.40. The minimum Gasteiger partial charge on any atom is -0.333 e. The minimum atomic E-state index is -0.283. The van der Waals surface area contributed by atoms with E-state index in [-0.39, 0.29) is 17.8 Å². The molecule has 1 amide bonds. The molecule has 1 saturated heterocycles. The smallest absolute Gasteiger partial charge is 0.254 e. The highest BCUT2D eigenvalue weighted by molar-refractivity contribution is 6.07. The van der Waals surface area contributed by atoms with Crippen molar-refractivity contribution in [3.05, 3.63) is 47.8 Å². The summed E-state index contributed by atoms with van der Waals surface area (Å²) in [4.78, 5) is 14.8. The van der Waals surface area contributed by atoms with Crippen LogP contribution in [0.5, 0.6) is 0 Å². The van der Waals surface area contributed by atoms with E-state index >= 15 is 0 Å². The molecule has 0 saturated carbocycles. The zero-order valence-electron chi connectivity index (χ0n) is 12.1. The summed E-state index contributed by atoms with van der Waals surface area (Å²) in [7, 11) is 0. The van der Waals surface area contributed by atoms with Crippen molar-refractivity contribution >= 4 is 16.7 Å². The van der Waals surface area contributed by atoms with E-state index in [0.717, 1.165) is 26.1 Å². The molecule has 1 aliphatic rings. The summed E-state index contributed by atoms with van der Waals surface area (Å²) in [6, 6.07) is 10.4. The number of hydrogen-bond acceptors (Lipinski definition) is 2. The summed E-state index contributed by atoms with van der Waals surface area (Å²) in [5.74, 6) is -0.283. The van der Waals surface area contributed by atoms with Crippen LogP contribution in [0.15, 0.2) is 36.4 Å². The van der Waals surface area contributed by atoms with Crippen molar-refractivity contribution in [1.82, 2.24) is 10.2 Å². The van der Waals surface area contributed by atoms with Crippen LogP contribution in [0.2, 0.25) is 0 Å². The van der Waals surface area contributed by atoms with Gasteiger partial charge in [0.2, 0.25) is 0 Å². The third kappa shape index (κ3) is 2.51. The van der Waals surface area contributed by atoms with Gasteiger partial charge in [0.1, 0.15) is 5.82 Å². The second-order valence-electron chi connectivity index (χ2n) is 5.45. The predicted molar refractivity (Wildman–Crippen MR) is 81.9 cm³/mol. The van der Waals surface area contributed by atoms with Crippen molar-refractivity contribution in [1.29, 1.82) is 0 Å². The standard InChI is InChI=1S/C17H19FN2O/c1-2-9-20(12-10-19-11-12)17(21)15-7-8-16(18)14-6-4-3-5-13(14)15/h3-8,12,19H,2,9-11H2,1H3. The molecule has 1 heterocycles. The average molecular weight is 286 g/mol. The number of nitrogens with one attached hydrogen (secondary N) is 1. The van der Waals surface area contributed by atoms with Gasteiger partial charge >= 0.3 is 0 Å². The van der Waals surface area contributed by atoms with E-state index in [2.05, 4.69) is 12.2 Å². The van der Waals surface area contributed by atoms with E-state index < -0.39 is 0 Å². The highest BCUT2D eigenvalue weighted by Crippen LogP contribution is 2.24. The first-order valence-corrected chi connectivity index (χ1v) is 7.41. The van der Waals surface area contributed by atoms with Gasteiger partial charge in [-0.3, -0.25) is 4.79 Å². The first kappa shape index (κ1) is 14.0. The normalized spacial score (nSPS) is 15.0. The Labute approximate surface area is 123 Å². The lowest BCUT2D eigenvalue weighted by Crippen LogP contribution is -2.59. The van der Waals surface area contributed by atoms with Crippen molar-refractivity contribution < 1.29 is 9.18 Å². The summed E-state index contributed by atoms with van der Waals surface area (Å²) in [6.07, 6.45) is 0.918. The highest BCUT2D eigenvalue weighted by atomic mass is 19.1. The maximum Gasteiger partial charge on any atom is 0.254 e. The van der Waals surface area contributed by atoms with Crippen molar-refractivity contribution in [2.75, 3.05) is 19.6 Å². The van der Waals surface area contributed by atoms with Gasteiger partial charge in [-0.05, 0) is 23.9 Å². The zero-order chi connectivity index (χ0) is 14.8. The Balaban J connectivity index is 2.02. The Morgan fingerprint density at radius 2 is 1.95 bits per heavy atom. The molecule has 0 aliphatic carbocycles. The number of hydrogen-bond donors (Lipinski definition) is 1. The molecule has 0 radical (unpaired) electrons. The molecular formula is C17H19FN2O. The Bertz CT molecular complexity index is 667. The van der Waals surface area contributed by atoms with Gasteiger partial charge in [0, 0.05) is 30.6 Å². The monoisotopic (exact) mass is 286 g/mol. The number of rotatable bonds is 4. The highest BCUT2D eigenvalue weighted by Gasteiger charge is 2.29. The molecule has 21 heavy (non-hydrogen) atoms. The zero-order valence-corrected chi connectivity index (χ0v) is 12.1. The summed E-state index contributed by atoms with van der Waals surface area (Å²) < 4.78 is 13.9. The van der Waals surface area contributed by atoms with Crippen LogP contribution in [0.3, 0.4) is 0 Å². The van der Waals surface area contributed by atoms with Gasteiger partial charge in [-0.1, -0.05) is 31.2 Å². The Kier molecular flexibility index (Phi) is 3.88. The molecule has 1 aliphatic heterocycles. The van der Waals surface area contributed by atoms with Gasteiger partial charge < -0.3 is 10.2 Å². The Hall–Kier alpha value is -1.94. The number of halogens is 1. The van der Waals surface area contributed by atoms with Gasteiger partial charge in [-0.25, -0.2) is 4.39 Å². The Morgan fingerprint density at radius 1 is 1.24 bits per heavy atom. The molecule has 0 atom stereocenters. The number of fused-ring (bicyclic) bond motifs is 1. The van der Waals surface area contributed by atoms with Gasteiger partial charge in [0.15, 0.2) is 0 Å². The lowest BCUT2D eigenvalue weighted by molar-refractivity contribution is 0.0618. The van der Waals surface area contributed by atoms with Crippen LogP contribution in [0.4, 0.5) is 4.39 Å². The fourth-order valence-corrected chi connectivity index (χ4v) is 2.79. The van der Waals surface area contributed by atoms with Gasteiger partial charge in [-0.2, -0.15) is 0 Å². The second-order valence-corrected chi connectivity index (χ2v) is 5.45. The lowest BCUT2D eigenvalue weighted by atomic mass is 10.0. The van der Waals surface area contributed by atoms with Crippen molar-refractivity contribution in [2.45, 2.75) is 19.4 Å². The van der Waals surface area contributed by atoms with Crippen molar-refractivity contribution in [3.8, 4) is 0 Å². The van der Waals surface area contributed by atoms with Crippen LogP contribution in [0.1, 0.15) is 23.7 Å². The van der Waals surface area contributed by atoms with Gasteiger partial charge in [-0.15, -0.1) is 0 Å². The largest absolute Gasteiger partial charge is 0.333 e. The molecule has 2 aromatic carbocycles. The lowest BCUT2D eigenvalue weighted by Gasteiger charge is -2.38. The number of carbonyl (C=O) groups is 1. The maximum atomic E-state index is 13.9. The van der Waals surface area contributed by atoms with Crippen molar-refractivity contribution in [2.24, 2.45) is 0 Å². The average Bonchev–Trinajstić information content (AvgIpc) is 2.45. The van der Waals surface area contributed by atoms with Crippen LogP contribution < -0.4 is 5.32 Å². The molecule has 1 fully saturated rings. The number of benzene rings is 2. The van der Waals surface area contributed by atoms with E-state index in [1.54, 1.807) is 18.2 Å². The van der Waals surface area contributed by atoms with E-state index in [9.17, 15) is 9.18 Å². The van der Waals surface area contributed by atoms with Crippen LogP contribution in [0.25, 0.3) is 10.8 Å². The third-order valence-corrected chi connectivity index (χ3v) is 4.03. The van der Waals surface area contributed by atoms with E-state index in [1.165, 1.54) is 6.07 Å². The molecule has 0 unspecified atom stereocenters. The van der Waals surface area contributed by atoms with Crippen LogP contribution in [-0.2, 0) is 0 Å². The third-order valence-electron chi connectivity index (χ3n) is 4.03. The molecule has 2 aromatic rings. The van der Waals surface area contributed by atoms with Crippen LogP contribution in [0, 0.1) is 5.82 Å². The van der Waals surface area contributed by atoms with E-state index in [1.807, 2.05) is 17.0 Å². The molecular weight excluding hydrogens is 267 g/mol. The Morgan fingerprint density at radius 3 is 2.57 bits per heavy atom. The summed E-state index contributed by atoms with van der Waals surface area (Å²) in [5.41, 5.74) is 0.590. The topological polar surface area (TPSA) is 32.3 Å². The summed E-state index contributed by atoms with van der Waals surface area (Å²) in [6.45, 7) is 4.47. The quantitative estimate of drug-likeness (QED) is 0.937. The van der Waals surface area contributed by atoms with Crippen molar-refractivity contribution in [3.63, 3.8) is 0 Å². The number of nitrogens with zero attached hydrogens (tertiary/aromatic N) is 1. The molecule has 3 nitrogen and oxygen atoms in total. The molecule has 3 rings (SSSR count). The molecule has 0 spiro atoms. The molecule has 1 N–H and O–H groups in total. The number of carbonyl (C=O) groups excluding carboxylic acids is 1. The second kappa shape index (κ2) is 5.82. The molecule has 110 valence electrons. The van der Waals surface area contributed by atoms with E-state index in [0.29, 0.717) is 16.3 Å². The van der Waals surface area contributed by atoms with Gasteiger partial charge in [0.25, 0.3) is 5.91 Å². The molecule has 4 heteroatoms. The predicted octanol–water partition coefficient (Wildman–Crippen LogP) is 2.80. The van der Waals surface area contributed by atoms with Crippen LogP contribution in [-0.4, -0.2) is 36.5 Å². The van der Waals surface area contributed by atoms with E-state index in [4.69, 9.17) is 0 Å². The first-order chi connectivity index (χ1) is 10.2. The first-order valence-electron chi connectivity index (χ1n) is 7.41. The SMILES string of the molecule is CCCN(C(=O)c1ccc(F)c2ccccc12)C1CNC1. The maximum absolute atomic E-state index is 13.9. The fraction of sp³-hybridized carbons (Fsp3) is 0.353. The minimum absolute atomic E-state index is 0.000417.